The molecule has 1 atom stereocenters. The summed E-state index contributed by atoms with van der Waals surface area (Å²) >= 11 is 1.50. The van der Waals surface area contributed by atoms with Gasteiger partial charge in [0.1, 0.15) is 6.61 Å². The fraction of sp³-hybridized carbons (Fsp3) is 0.727. The molecule has 1 aromatic rings. The maximum Gasteiger partial charge on any atom is 0.411 e. The van der Waals surface area contributed by atoms with Crippen LogP contribution in [0.3, 0.4) is 0 Å². The molecule has 0 spiro atoms. The second-order valence-electron chi connectivity index (χ2n) is 3.85. The van der Waals surface area contributed by atoms with Crippen molar-refractivity contribution in [2.45, 2.75) is 32.5 Å². The van der Waals surface area contributed by atoms with E-state index in [9.17, 15) is 13.2 Å². The number of halogens is 3. The average molecular weight is 282 g/mol. The van der Waals surface area contributed by atoms with Crippen LogP contribution in [0.15, 0.2) is 6.20 Å². The van der Waals surface area contributed by atoms with Crippen LogP contribution >= 0.6 is 11.3 Å². The molecule has 1 heterocycles. The van der Waals surface area contributed by atoms with Gasteiger partial charge in [-0.1, -0.05) is 6.92 Å². The molecule has 0 bridgehead atoms. The minimum atomic E-state index is -4.26. The van der Waals surface area contributed by atoms with Crippen molar-refractivity contribution in [1.82, 2.24) is 10.3 Å². The summed E-state index contributed by atoms with van der Waals surface area (Å²) in [5.41, 5.74) is 0. The van der Waals surface area contributed by atoms with Crippen LogP contribution in [0.2, 0.25) is 0 Å². The van der Waals surface area contributed by atoms with E-state index in [1.807, 2.05) is 13.8 Å². The zero-order valence-corrected chi connectivity index (χ0v) is 11.2. The summed E-state index contributed by atoms with van der Waals surface area (Å²) in [5, 5.41) is 4.06. The highest BCUT2D eigenvalue weighted by molar-refractivity contribution is 7.11. The lowest BCUT2D eigenvalue weighted by Gasteiger charge is -2.08. The number of hydrogen-bond acceptors (Lipinski definition) is 4. The summed E-state index contributed by atoms with van der Waals surface area (Å²) < 4.78 is 40.0. The summed E-state index contributed by atoms with van der Waals surface area (Å²) in [6.45, 7) is 3.76. The molecule has 0 aliphatic heterocycles. The van der Waals surface area contributed by atoms with E-state index in [2.05, 4.69) is 15.0 Å². The van der Waals surface area contributed by atoms with Gasteiger partial charge in [-0.3, -0.25) is 0 Å². The van der Waals surface area contributed by atoms with Gasteiger partial charge in [-0.05, 0) is 13.5 Å². The van der Waals surface area contributed by atoms with Crippen LogP contribution in [0.1, 0.15) is 29.8 Å². The highest BCUT2D eigenvalue weighted by atomic mass is 32.1. The highest BCUT2D eigenvalue weighted by Crippen LogP contribution is 2.21. The van der Waals surface area contributed by atoms with Crippen molar-refractivity contribution < 1.29 is 17.9 Å². The molecule has 0 aromatic carbocycles. The van der Waals surface area contributed by atoms with Crippen LogP contribution in [-0.4, -0.2) is 30.9 Å². The van der Waals surface area contributed by atoms with Gasteiger partial charge in [0.15, 0.2) is 0 Å². The Balaban J connectivity index is 2.31. The predicted molar refractivity (Wildman–Crippen MR) is 64.8 cm³/mol. The summed E-state index contributed by atoms with van der Waals surface area (Å²) in [6.07, 6.45) is -2.08. The van der Waals surface area contributed by atoms with Gasteiger partial charge < -0.3 is 10.1 Å². The Kier molecular flexibility index (Phi) is 6.04. The lowest BCUT2D eigenvalue weighted by molar-refractivity contribution is -0.173. The molecule has 0 aliphatic carbocycles. The monoisotopic (exact) mass is 282 g/mol. The standard InChI is InChI=1S/C11H17F3N2OS/c1-3-15-8(2)9-6-16-10(18-9)4-5-17-7-11(12,13)14/h6,8,15H,3-5,7H2,1-2H3. The molecule has 0 amide bonds. The fourth-order valence-corrected chi connectivity index (χ4v) is 2.32. The van der Waals surface area contributed by atoms with Crippen LogP contribution in [-0.2, 0) is 11.2 Å². The zero-order chi connectivity index (χ0) is 13.6. The van der Waals surface area contributed by atoms with Crippen molar-refractivity contribution in [3.63, 3.8) is 0 Å². The van der Waals surface area contributed by atoms with Gasteiger partial charge in [-0.2, -0.15) is 13.2 Å². The summed E-state index contributed by atoms with van der Waals surface area (Å²) in [4.78, 5) is 5.26. The minimum absolute atomic E-state index is 0.0437. The van der Waals surface area contributed by atoms with Crippen molar-refractivity contribution in [2.24, 2.45) is 0 Å². The van der Waals surface area contributed by atoms with Crippen molar-refractivity contribution in [3.8, 4) is 0 Å². The Morgan fingerprint density at radius 2 is 2.22 bits per heavy atom. The van der Waals surface area contributed by atoms with Crippen LogP contribution in [0.4, 0.5) is 13.2 Å². The molecule has 0 saturated carbocycles. The molecule has 0 saturated heterocycles. The van der Waals surface area contributed by atoms with Crippen LogP contribution < -0.4 is 5.32 Å². The first kappa shape index (κ1) is 15.4. The average Bonchev–Trinajstić information content (AvgIpc) is 2.72. The summed E-state index contributed by atoms with van der Waals surface area (Å²) in [7, 11) is 0. The molecule has 1 aromatic heterocycles. The minimum Gasteiger partial charge on any atom is -0.372 e. The van der Waals surface area contributed by atoms with E-state index in [0.717, 1.165) is 16.4 Å². The maximum atomic E-state index is 11.8. The molecule has 0 aliphatic rings. The molecule has 1 unspecified atom stereocenters. The molecule has 1 N–H and O–H groups in total. The van der Waals surface area contributed by atoms with Gasteiger partial charge in [0, 0.05) is 23.5 Å². The number of hydrogen-bond donors (Lipinski definition) is 1. The molecule has 0 radical (unpaired) electrons. The normalized spacial score (nSPS) is 13.8. The molecule has 1 rings (SSSR count). The predicted octanol–water partition coefficient (Wildman–Crippen LogP) is 2.94. The Morgan fingerprint density at radius 1 is 1.50 bits per heavy atom. The van der Waals surface area contributed by atoms with E-state index in [0.29, 0.717) is 6.42 Å². The van der Waals surface area contributed by atoms with E-state index in [1.54, 1.807) is 6.20 Å². The third-order valence-corrected chi connectivity index (χ3v) is 3.47. The smallest absolute Gasteiger partial charge is 0.372 e. The molecule has 3 nitrogen and oxygen atoms in total. The lowest BCUT2D eigenvalue weighted by atomic mass is 10.3. The molecule has 0 fully saturated rings. The molecule has 18 heavy (non-hydrogen) atoms. The van der Waals surface area contributed by atoms with Gasteiger partial charge in [0.2, 0.25) is 0 Å². The van der Waals surface area contributed by atoms with E-state index in [1.165, 1.54) is 11.3 Å². The Hall–Kier alpha value is -0.660. The van der Waals surface area contributed by atoms with Crippen molar-refractivity contribution >= 4 is 11.3 Å². The second kappa shape index (κ2) is 7.06. The van der Waals surface area contributed by atoms with Gasteiger partial charge in [0.25, 0.3) is 0 Å². The molecule has 7 heteroatoms. The van der Waals surface area contributed by atoms with E-state index in [4.69, 9.17) is 0 Å². The van der Waals surface area contributed by atoms with Gasteiger partial charge in [-0.15, -0.1) is 11.3 Å². The first-order valence-electron chi connectivity index (χ1n) is 5.75. The van der Waals surface area contributed by atoms with E-state index >= 15 is 0 Å². The number of rotatable bonds is 7. The first-order valence-corrected chi connectivity index (χ1v) is 6.56. The quantitative estimate of drug-likeness (QED) is 0.781. The van der Waals surface area contributed by atoms with Crippen LogP contribution in [0.25, 0.3) is 0 Å². The number of nitrogens with zero attached hydrogens (tertiary/aromatic N) is 1. The number of alkyl halides is 3. The molecular weight excluding hydrogens is 265 g/mol. The molecule has 104 valence electrons. The third-order valence-electron chi connectivity index (χ3n) is 2.23. The van der Waals surface area contributed by atoms with E-state index in [-0.39, 0.29) is 12.6 Å². The third kappa shape index (κ3) is 5.79. The topological polar surface area (TPSA) is 34.2 Å². The van der Waals surface area contributed by atoms with Gasteiger partial charge >= 0.3 is 6.18 Å². The highest BCUT2D eigenvalue weighted by Gasteiger charge is 2.27. The van der Waals surface area contributed by atoms with Crippen LogP contribution in [0, 0.1) is 0 Å². The maximum absolute atomic E-state index is 11.8. The summed E-state index contributed by atoms with van der Waals surface area (Å²) in [6, 6.07) is 0.220. The number of nitrogens with one attached hydrogen (secondary N) is 1. The van der Waals surface area contributed by atoms with E-state index < -0.39 is 12.8 Å². The number of thiazole rings is 1. The Bertz CT molecular complexity index is 354. The zero-order valence-electron chi connectivity index (χ0n) is 10.4. The largest absolute Gasteiger partial charge is 0.411 e. The molecular formula is C11H17F3N2OS. The van der Waals surface area contributed by atoms with Crippen LogP contribution in [0.5, 0.6) is 0 Å². The van der Waals surface area contributed by atoms with Crippen molar-refractivity contribution in [2.75, 3.05) is 19.8 Å². The fourth-order valence-electron chi connectivity index (χ4n) is 1.39. The first-order chi connectivity index (χ1) is 8.42. The lowest BCUT2D eigenvalue weighted by Crippen LogP contribution is -2.17. The number of aromatic nitrogens is 1. The van der Waals surface area contributed by atoms with Crippen molar-refractivity contribution in [1.29, 1.82) is 0 Å². The van der Waals surface area contributed by atoms with Gasteiger partial charge in [-0.25, -0.2) is 4.98 Å². The Morgan fingerprint density at radius 3 is 2.83 bits per heavy atom. The van der Waals surface area contributed by atoms with Crippen molar-refractivity contribution in [3.05, 3.63) is 16.1 Å². The Labute approximate surface area is 108 Å². The summed E-state index contributed by atoms with van der Waals surface area (Å²) in [5.74, 6) is 0. The second-order valence-corrected chi connectivity index (χ2v) is 5.00. The number of ether oxygens (including phenoxy) is 1. The van der Waals surface area contributed by atoms with Gasteiger partial charge in [0.05, 0.1) is 11.6 Å². The SMILES string of the molecule is CCNC(C)c1cnc(CCOCC(F)(F)F)s1.